The molecule has 0 aromatic heterocycles. The number of hydrogen-bond donors (Lipinski definition) is 1. The van der Waals surface area contributed by atoms with E-state index in [-0.39, 0.29) is 5.91 Å². The minimum absolute atomic E-state index is 0.109. The molecule has 3 rings (SSSR count). The van der Waals surface area contributed by atoms with Crippen molar-refractivity contribution in [3.8, 4) is 5.75 Å². The van der Waals surface area contributed by atoms with Gasteiger partial charge in [-0.3, -0.25) is 4.79 Å². The van der Waals surface area contributed by atoms with Crippen molar-refractivity contribution < 1.29 is 9.53 Å². The zero-order valence-electron chi connectivity index (χ0n) is 11.5. The maximum atomic E-state index is 12.2. The molecule has 1 N–H and O–H groups in total. The van der Waals surface area contributed by atoms with Crippen LogP contribution in [0.2, 0.25) is 0 Å². The summed E-state index contributed by atoms with van der Waals surface area (Å²) in [6, 6.07) is 13.3. The van der Waals surface area contributed by atoms with E-state index in [0.717, 1.165) is 18.5 Å². The Morgan fingerprint density at radius 3 is 2.80 bits per heavy atom. The molecular weight excluding hydrogens is 250 g/mol. The number of carbonyl (C=O) groups excluding carboxylic acids is 1. The molecule has 20 heavy (non-hydrogen) atoms. The van der Waals surface area contributed by atoms with Gasteiger partial charge in [0.1, 0.15) is 5.75 Å². The fraction of sp³-hybridized carbons (Fsp3) is 0.235. The second kappa shape index (κ2) is 5.37. The first-order valence-electron chi connectivity index (χ1n) is 6.83. The van der Waals surface area contributed by atoms with E-state index in [1.54, 1.807) is 19.2 Å². The predicted molar refractivity (Wildman–Crippen MR) is 79.4 cm³/mol. The van der Waals surface area contributed by atoms with Crippen molar-refractivity contribution in [2.75, 3.05) is 12.4 Å². The second-order valence-electron chi connectivity index (χ2n) is 5.02. The highest BCUT2D eigenvalue weighted by Crippen LogP contribution is 2.25. The van der Waals surface area contributed by atoms with Gasteiger partial charge in [0.15, 0.2) is 0 Å². The number of aryl methyl sites for hydroxylation is 2. The summed E-state index contributed by atoms with van der Waals surface area (Å²) in [6.07, 6.45) is 3.47. The third-order valence-corrected chi connectivity index (χ3v) is 3.69. The molecule has 2 aromatic carbocycles. The van der Waals surface area contributed by atoms with Gasteiger partial charge in [-0.25, -0.2) is 0 Å². The van der Waals surface area contributed by atoms with Crippen molar-refractivity contribution in [3.05, 3.63) is 59.2 Å². The van der Waals surface area contributed by atoms with E-state index in [2.05, 4.69) is 17.4 Å². The summed E-state index contributed by atoms with van der Waals surface area (Å²) < 4.78 is 5.14. The van der Waals surface area contributed by atoms with Crippen LogP contribution in [0.3, 0.4) is 0 Å². The molecule has 3 nitrogen and oxygen atoms in total. The Morgan fingerprint density at radius 2 is 1.95 bits per heavy atom. The maximum Gasteiger partial charge on any atom is 0.255 e. The molecule has 0 unspecified atom stereocenters. The van der Waals surface area contributed by atoms with Crippen LogP contribution in [0, 0.1) is 0 Å². The molecule has 1 amide bonds. The molecule has 0 bridgehead atoms. The van der Waals surface area contributed by atoms with E-state index in [4.69, 9.17) is 4.74 Å². The zero-order valence-corrected chi connectivity index (χ0v) is 11.5. The summed E-state index contributed by atoms with van der Waals surface area (Å²) >= 11 is 0. The number of amides is 1. The van der Waals surface area contributed by atoms with Crippen LogP contribution in [-0.4, -0.2) is 13.0 Å². The Kier molecular flexibility index (Phi) is 3.42. The van der Waals surface area contributed by atoms with Gasteiger partial charge in [0.2, 0.25) is 0 Å². The molecule has 0 saturated heterocycles. The summed E-state index contributed by atoms with van der Waals surface area (Å²) in [5.74, 6) is 0.577. The van der Waals surface area contributed by atoms with E-state index in [9.17, 15) is 4.79 Å². The Balaban J connectivity index is 1.78. The smallest absolute Gasteiger partial charge is 0.255 e. The minimum atomic E-state index is -0.109. The Morgan fingerprint density at radius 1 is 1.10 bits per heavy atom. The molecule has 0 spiro atoms. The Bertz CT molecular complexity index is 649. The van der Waals surface area contributed by atoms with Crippen molar-refractivity contribution in [2.45, 2.75) is 19.3 Å². The molecule has 0 radical (unpaired) electrons. The summed E-state index contributed by atoms with van der Waals surface area (Å²) in [6.45, 7) is 0. The largest absolute Gasteiger partial charge is 0.497 e. The lowest BCUT2D eigenvalue weighted by molar-refractivity contribution is 0.102. The highest BCUT2D eigenvalue weighted by molar-refractivity contribution is 6.04. The van der Waals surface area contributed by atoms with Gasteiger partial charge < -0.3 is 10.1 Å². The number of methoxy groups -OCH3 is 1. The van der Waals surface area contributed by atoms with Crippen LogP contribution in [0.25, 0.3) is 0 Å². The normalized spacial score (nSPS) is 12.8. The first-order chi connectivity index (χ1) is 9.76. The molecule has 0 atom stereocenters. The quantitative estimate of drug-likeness (QED) is 0.925. The van der Waals surface area contributed by atoms with Crippen LogP contribution in [0.5, 0.6) is 5.75 Å². The van der Waals surface area contributed by atoms with Gasteiger partial charge >= 0.3 is 0 Å². The topological polar surface area (TPSA) is 38.3 Å². The van der Waals surface area contributed by atoms with Gasteiger partial charge in [0.25, 0.3) is 5.91 Å². The molecule has 0 saturated carbocycles. The monoisotopic (exact) mass is 267 g/mol. The highest BCUT2D eigenvalue weighted by Gasteiger charge is 2.12. The van der Waals surface area contributed by atoms with Crippen molar-refractivity contribution in [1.29, 1.82) is 0 Å². The third-order valence-electron chi connectivity index (χ3n) is 3.69. The molecule has 0 fully saturated rings. The molecule has 0 aliphatic heterocycles. The lowest BCUT2D eigenvalue weighted by Gasteiger charge is -2.08. The molecule has 0 heterocycles. The second-order valence-corrected chi connectivity index (χ2v) is 5.02. The van der Waals surface area contributed by atoms with Gasteiger partial charge in [-0.1, -0.05) is 12.1 Å². The summed E-state index contributed by atoms with van der Waals surface area (Å²) in [4.78, 5) is 12.2. The first-order valence-corrected chi connectivity index (χ1v) is 6.83. The number of rotatable bonds is 3. The predicted octanol–water partition coefficient (Wildman–Crippen LogP) is 3.44. The molecule has 2 aromatic rings. The van der Waals surface area contributed by atoms with Gasteiger partial charge in [-0.05, 0) is 60.7 Å². The number of hydrogen-bond acceptors (Lipinski definition) is 2. The zero-order chi connectivity index (χ0) is 13.9. The average molecular weight is 267 g/mol. The maximum absolute atomic E-state index is 12.2. The number of benzene rings is 2. The SMILES string of the molecule is COc1cccc(C(=O)Nc2ccc3c(c2)CCC3)c1. The third kappa shape index (κ3) is 2.52. The van der Waals surface area contributed by atoms with Gasteiger partial charge in [0, 0.05) is 11.3 Å². The van der Waals surface area contributed by atoms with Crippen molar-refractivity contribution in [2.24, 2.45) is 0 Å². The number of ether oxygens (including phenoxy) is 1. The van der Waals surface area contributed by atoms with Crippen LogP contribution in [-0.2, 0) is 12.8 Å². The van der Waals surface area contributed by atoms with Crippen molar-refractivity contribution in [1.82, 2.24) is 0 Å². The van der Waals surface area contributed by atoms with E-state index >= 15 is 0 Å². The lowest BCUT2D eigenvalue weighted by atomic mass is 10.1. The van der Waals surface area contributed by atoms with Crippen LogP contribution in [0.15, 0.2) is 42.5 Å². The first kappa shape index (κ1) is 12.7. The van der Waals surface area contributed by atoms with Crippen LogP contribution in [0.1, 0.15) is 27.9 Å². The molecule has 102 valence electrons. The summed E-state index contributed by atoms with van der Waals surface area (Å²) in [5.41, 5.74) is 4.22. The molecule has 3 heteroatoms. The Hall–Kier alpha value is -2.29. The summed E-state index contributed by atoms with van der Waals surface area (Å²) in [5, 5.41) is 2.94. The minimum Gasteiger partial charge on any atom is -0.497 e. The fourth-order valence-electron chi connectivity index (χ4n) is 2.62. The molecular formula is C17H17NO2. The van der Waals surface area contributed by atoms with E-state index in [1.165, 1.54) is 17.5 Å². The van der Waals surface area contributed by atoms with Gasteiger partial charge in [0.05, 0.1) is 7.11 Å². The fourth-order valence-corrected chi connectivity index (χ4v) is 2.62. The van der Waals surface area contributed by atoms with Crippen LogP contribution >= 0.6 is 0 Å². The van der Waals surface area contributed by atoms with Gasteiger partial charge in [-0.2, -0.15) is 0 Å². The van der Waals surface area contributed by atoms with Crippen molar-refractivity contribution >= 4 is 11.6 Å². The van der Waals surface area contributed by atoms with E-state index in [1.807, 2.05) is 18.2 Å². The van der Waals surface area contributed by atoms with E-state index < -0.39 is 0 Å². The van der Waals surface area contributed by atoms with Crippen LogP contribution < -0.4 is 10.1 Å². The average Bonchev–Trinajstić information content (AvgIpc) is 2.95. The molecule has 1 aliphatic carbocycles. The number of nitrogens with one attached hydrogen (secondary N) is 1. The number of fused-ring (bicyclic) bond motifs is 1. The lowest BCUT2D eigenvalue weighted by Crippen LogP contribution is -2.12. The van der Waals surface area contributed by atoms with Gasteiger partial charge in [-0.15, -0.1) is 0 Å². The summed E-state index contributed by atoms with van der Waals surface area (Å²) in [7, 11) is 1.59. The van der Waals surface area contributed by atoms with E-state index in [0.29, 0.717) is 11.3 Å². The standard InChI is InChI=1S/C17H17NO2/c1-20-16-7-3-6-14(11-16)17(19)18-15-9-8-12-4-2-5-13(12)10-15/h3,6-11H,2,4-5H2,1H3,(H,18,19). The number of carbonyl (C=O) groups is 1. The Labute approximate surface area is 118 Å². The van der Waals surface area contributed by atoms with Crippen molar-refractivity contribution in [3.63, 3.8) is 0 Å². The number of anilines is 1. The molecule has 1 aliphatic rings. The highest BCUT2D eigenvalue weighted by atomic mass is 16.5. The van der Waals surface area contributed by atoms with Crippen LogP contribution in [0.4, 0.5) is 5.69 Å².